The van der Waals surface area contributed by atoms with E-state index < -0.39 is 4.92 Å². The largest absolute Gasteiger partial charge is 0.360 e. The number of non-ortho nitro benzene ring substituents is 1. The molecule has 2 aromatic carbocycles. The zero-order valence-electron chi connectivity index (χ0n) is 12.9. The summed E-state index contributed by atoms with van der Waals surface area (Å²) in [6, 6.07) is 18.6. The first-order chi connectivity index (χ1) is 11.7. The van der Waals surface area contributed by atoms with Gasteiger partial charge in [-0.05, 0) is 23.3 Å². The quantitative estimate of drug-likeness (QED) is 0.478. The molecule has 0 amide bonds. The molecule has 0 bridgehead atoms. The normalized spacial score (nSPS) is 15.9. The van der Waals surface area contributed by atoms with Crippen molar-refractivity contribution in [2.45, 2.75) is 6.54 Å². The van der Waals surface area contributed by atoms with E-state index in [2.05, 4.69) is 23.1 Å². The van der Waals surface area contributed by atoms with Crippen LogP contribution in [0.3, 0.4) is 0 Å². The molecule has 5 nitrogen and oxygen atoms in total. The highest BCUT2D eigenvalue weighted by molar-refractivity contribution is 8.03. The van der Waals surface area contributed by atoms with E-state index in [9.17, 15) is 15.4 Å². The van der Waals surface area contributed by atoms with Gasteiger partial charge < -0.3 is 4.90 Å². The molecular weight excluding hydrogens is 322 g/mol. The number of nitrogens with zero attached hydrogens (tertiary/aromatic N) is 3. The standard InChI is InChI=1S/C18H15N3O2S/c19-12-17(15-6-8-16(9-7-15)21(22)23)18-20(10-11-24-18)13-14-4-2-1-3-5-14/h1-9H,10-11,13H2/b18-17+. The molecule has 3 rings (SSSR count). The van der Waals surface area contributed by atoms with Crippen molar-refractivity contribution in [2.24, 2.45) is 0 Å². The predicted molar refractivity (Wildman–Crippen MR) is 94.9 cm³/mol. The van der Waals surface area contributed by atoms with Gasteiger partial charge in [-0.1, -0.05) is 30.3 Å². The van der Waals surface area contributed by atoms with Crippen LogP contribution in [0, 0.1) is 21.4 Å². The predicted octanol–water partition coefficient (Wildman–Crippen LogP) is 4.04. The zero-order valence-corrected chi connectivity index (χ0v) is 13.7. The van der Waals surface area contributed by atoms with Gasteiger partial charge in [-0.2, -0.15) is 5.26 Å². The highest BCUT2D eigenvalue weighted by Gasteiger charge is 2.23. The first-order valence-corrected chi connectivity index (χ1v) is 8.48. The molecular formula is C18H15N3O2S. The van der Waals surface area contributed by atoms with Gasteiger partial charge in [-0.25, -0.2) is 0 Å². The Kier molecular flexibility index (Phi) is 4.82. The lowest BCUT2D eigenvalue weighted by Crippen LogP contribution is -2.18. The highest BCUT2D eigenvalue weighted by Crippen LogP contribution is 2.36. The summed E-state index contributed by atoms with van der Waals surface area (Å²) in [4.78, 5) is 12.5. The minimum atomic E-state index is -0.436. The molecule has 0 spiro atoms. The molecule has 0 saturated carbocycles. The highest BCUT2D eigenvalue weighted by atomic mass is 32.2. The molecule has 2 aromatic rings. The van der Waals surface area contributed by atoms with Gasteiger partial charge in [0.25, 0.3) is 5.69 Å². The van der Waals surface area contributed by atoms with Gasteiger partial charge in [-0.3, -0.25) is 10.1 Å². The van der Waals surface area contributed by atoms with Crippen LogP contribution in [0.1, 0.15) is 11.1 Å². The molecule has 0 unspecified atom stereocenters. The van der Waals surface area contributed by atoms with Crippen LogP contribution in [-0.4, -0.2) is 22.1 Å². The summed E-state index contributed by atoms with van der Waals surface area (Å²) in [5, 5.41) is 21.3. The summed E-state index contributed by atoms with van der Waals surface area (Å²) in [5.74, 6) is 0.931. The summed E-state index contributed by atoms with van der Waals surface area (Å²) < 4.78 is 0. The van der Waals surface area contributed by atoms with Crippen molar-refractivity contribution in [3.05, 3.63) is 80.9 Å². The van der Waals surface area contributed by atoms with Crippen LogP contribution >= 0.6 is 11.8 Å². The molecule has 0 N–H and O–H groups in total. The van der Waals surface area contributed by atoms with Crippen LogP contribution in [0.5, 0.6) is 0 Å². The van der Waals surface area contributed by atoms with E-state index in [1.807, 2.05) is 18.2 Å². The minimum absolute atomic E-state index is 0.0289. The average molecular weight is 337 g/mol. The number of hydrogen-bond acceptors (Lipinski definition) is 5. The topological polar surface area (TPSA) is 70.2 Å². The van der Waals surface area contributed by atoms with Crippen molar-refractivity contribution < 1.29 is 4.92 Å². The lowest BCUT2D eigenvalue weighted by atomic mass is 10.1. The average Bonchev–Trinajstić information content (AvgIpc) is 3.05. The Labute approximate surface area is 144 Å². The molecule has 0 radical (unpaired) electrons. The number of nitriles is 1. The third-order valence-corrected chi connectivity index (χ3v) is 4.92. The lowest BCUT2D eigenvalue weighted by Gasteiger charge is -2.20. The first-order valence-electron chi connectivity index (χ1n) is 7.50. The third-order valence-electron chi connectivity index (χ3n) is 3.80. The van der Waals surface area contributed by atoms with Crippen LogP contribution in [0.15, 0.2) is 59.6 Å². The van der Waals surface area contributed by atoms with Crippen molar-refractivity contribution in [2.75, 3.05) is 12.3 Å². The molecule has 1 aliphatic heterocycles. The Bertz CT molecular complexity index is 810. The van der Waals surface area contributed by atoms with Crippen LogP contribution in [0.2, 0.25) is 0 Å². The van der Waals surface area contributed by atoms with Crippen LogP contribution < -0.4 is 0 Å². The molecule has 0 atom stereocenters. The van der Waals surface area contributed by atoms with Crippen LogP contribution in [-0.2, 0) is 6.54 Å². The van der Waals surface area contributed by atoms with Gasteiger partial charge in [0.15, 0.2) is 0 Å². The Balaban J connectivity index is 1.91. The Morgan fingerprint density at radius 2 is 1.92 bits per heavy atom. The molecule has 24 heavy (non-hydrogen) atoms. The Hall–Kier alpha value is -2.78. The maximum absolute atomic E-state index is 10.8. The van der Waals surface area contributed by atoms with Crippen LogP contribution in [0.25, 0.3) is 5.57 Å². The van der Waals surface area contributed by atoms with Gasteiger partial charge in [0.2, 0.25) is 0 Å². The Morgan fingerprint density at radius 1 is 1.21 bits per heavy atom. The summed E-state index contributed by atoms with van der Waals surface area (Å²) in [7, 11) is 0. The summed E-state index contributed by atoms with van der Waals surface area (Å²) in [6.07, 6.45) is 0. The second kappa shape index (κ2) is 7.20. The van der Waals surface area contributed by atoms with Gasteiger partial charge in [0.1, 0.15) is 6.07 Å². The van der Waals surface area contributed by atoms with Crippen molar-refractivity contribution in [3.8, 4) is 6.07 Å². The van der Waals surface area contributed by atoms with Gasteiger partial charge >= 0.3 is 0 Å². The Morgan fingerprint density at radius 3 is 2.54 bits per heavy atom. The van der Waals surface area contributed by atoms with Gasteiger partial charge in [0, 0.05) is 31.0 Å². The fourth-order valence-corrected chi connectivity index (χ4v) is 3.77. The number of rotatable bonds is 4. The van der Waals surface area contributed by atoms with E-state index in [4.69, 9.17) is 0 Å². The molecule has 1 aliphatic rings. The smallest absolute Gasteiger partial charge is 0.269 e. The van der Waals surface area contributed by atoms with Crippen molar-refractivity contribution >= 4 is 23.0 Å². The number of thioether (sulfide) groups is 1. The van der Waals surface area contributed by atoms with E-state index in [0.29, 0.717) is 11.1 Å². The van der Waals surface area contributed by atoms with Gasteiger partial charge in [0.05, 0.1) is 15.5 Å². The molecule has 1 saturated heterocycles. The minimum Gasteiger partial charge on any atom is -0.360 e. The third kappa shape index (κ3) is 3.42. The molecule has 1 fully saturated rings. The van der Waals surface area contributed by atoms with E-state index in [1.54, 1.807) is 23.9 Å². The van der Waals surface area contributed by atoms with Gasteiger partial charge in [-0.15, -0.1) is 11.8 Å². The van der Waals surface area contributed by atoms with Crippen LogP contribution in [0.4, 0.5) is 5.69 Å². The fraction of sp³-hybridized carbons (Fsp3) is 0.167. The molecule has 1 heterocycles. The first kappa shape index (κ1) is 16.1. The maximum Gasteiger partial charge on any atom is 0.269 e. The fourth-order valence-electron chi connectivity index (χ4n) is 2.62. The molecule has 6 heteroatoms. The number of nitro benzene ring substituents is 1. The van der Waals surface area contributed by atoms with Crippen molar-refractivity contribution in [1.29, 1.82) is 5.26 Å². The second-order valence-electron chi connectivity index (χ2n) is 5.35. The zero-order chi connectivity index (χ0) is 16.9. The van der Waals surface area contributed by atoms with E-state index >= 15 is 0 Å². The SMILES string of the molecule is N#C/C(=C1\SCCN1Cc1ccccc1)c1ccc([N+](=O)[O-])cc1. The maximum atomic E-state index is 10.8. The molecule has 0 aliphatic carbocycles. The van der Waals surface area contributed by atoms with E-state index in [1.165, 1.54) is 17.7 Å². The van der Waals surface area contributed by atoms with Crippen molar-refractivity contribution in [3.63, 3.8) is 0 Å². The molecule has 120 valence electrons. The number of hydrogen-bond donors (Lipinski definition) is 0. The summed E-state index contributed by atoms with van der Waals surface area (Å²) in [6.45, 7) is 1.63. The monoisotopic (exact) mass is 337 g/mol. The summed E-state index contributed by atoms with van der Waals surface area (Å²) >= 11 is 1.66. The number of nitro groups is 1. The summed E-state index contributed by atoms with van der Waals surface area (Å²) in [5.41, 5.74) is 2.51. The lowest BCUT2D eigenvalue weighted by molar-refractivity contribution is -0.384. The van der Waals surface area contributed by atoms with E-state index in [-0.39, 0.29) is 5.69 Å². The number of benzene rings is 2. The van der Waals surface area contributed by atoms with Crippen molar-refractivity contribution in [1.82, 2.24) is 4.90 Å². The van der Waals surface area contributed by atoms with E-state index in [0.717, 1.165) is 23.9 Å². The molecule has 0 aromatic heterocycles. The second-order valence-corrected chi connectivity index (χ2v) is 6.44. The number of allylic oxidation sites excluding steroid dienone is 1.